The van der Waals surface area contributed by atoms with Gasteiger partial charge in [0.2, 0.25) is 0 Å². The van der Waals surface area contributed by atoms with Gasteiger partial charge in [0.25, 0.3) is 0 Å². The molecule has 2 nitrogen and oxygen atoms in total. The molecule has 9 aromatic carbocycles. The summed E-state index contributed by atoms with van der Waals surface area (Å²) >= 11 is 0. The van der Waals surface area contributed by atoms with Crippen LogP contribution in [0.4, 0.5) is 34.1 Å². The van der Waals surface area contributed by atoms with Gasteiger partial charge in [-0.25, -0.2) is 0 Å². The number of fused-ring (bicyclic) bond motifs is 2. The summed E-state index contributed by atoms with van der Waals surface area (Å²) in [6, 6.07) is 31.3. The molecule has 0 aromatic heterocycles. The third kappa shape index (κ3) is 4.49. The van der Waals surface area contributed by atoms with Crippen molar-refractivity contribution in [2.24, 2.45) is 0 Å². The van der Waals surface area contributed by atoms with Gasteiger partial charge in [-0.3, -0.25) is 0 Å². The first kappa shape index (κ1) is 19.5. The van der Waals surface area contributed by atoms with E-state index in [0.29, 0.717) is 22.7 Å². The second-order valence-electron chi connectivity index (χ2n) is 12.0. The number of benzene rings is 9. The summed E-state index contributed by atoms with van der Waals surface area (Å²) in [5, 5.41) is 7.21. The van der Waals surface area contributed by atoms with Crippen molar-refractivity contribution in [3.63, 3.8) is 0 Å². The zero-order chi connectivity index (χ0) is 40.9. The molecule has 0 bridgehead atoms. The smallest absolute Gasteiger partial charge is 0.0645 e. The second-order valence-corrected chi connectivity index (χ2v) is 12.0. The molecule has 48 heavy (non-hydrogen) atoms. The number of para-hydroxylation sites is 2. The molecule has 0 spiro atoms. The summed E-state index contributed by atoms with van der Waals surface area (Å²) in [7, 11) is 0. The fourth-order valence-electron chi connectivity index (χ4n) is 6.95. The molecule has 0 saturated carbocycles. The van der Waals surface area contributed by atoms with E-state index in [-0.39, 0.29) is 35.5 Å². The molecule has 0 unspecified atom stereocenters. The summed E-state index contributed by atoms with van der Waals surface area (Å²) in [4.78, 5) is 3.50. The molecule has 0 saturated heterocycles. The lowest BCUT2D eigenvalue weighted by atomic mass is 9.88. The Kier molecular flexibility index (Phi) is 4.59. The van der Waals surface area contributed by atoms with Crippen molar-refractivity contribution >= 4 is 77.2 Å². The number of hydrogen-bond acceptors (Lipinski definition) is 2. The van der Waals surface area contributed by atoms with E-state index < -0.39 is 36.3 Å². The third-order valence-corrected chi connectivity index (χ3v) is 9.10. The largest absolute Gasteiger partial charge is 0.310 e. The summed E-state index contributed by atoms with van der Waals surface area (Å²) in [5.74, 6) is 0. The molecule has 0 N–H and O–H groups in total. The van der Waals surface area contributed by atoms with Gasteiger partial charge in [-0.2, -0.15) is 0 Å². The highest BCUT2D eigenvalue weighted by molar-refractivity contribution is 6.35. The Balaban J connectivity index is 1.36. The van der Waals surface area contributed by atoms with E-state index >= 15 is 0 Å². The van der Waals surface area contributed by atoms with E-state index in [1.54, 1.807) is 9.80 Å². The lowest BCUT2D eigenvalue weighted by Gasteiger charge is -2.29. The highest BCUT2D eigenvalue weighted by atomic mass is 15.1. The van der Waals surface area contributed by atoms with Crippen molar-refractivity contribution in [3.8, 4) is 0 Å². The fourth-order valence-corrected chi connectivity index (χ4v) is 6.95. The van der Waals surface area contributed by atoms with Gasteiger partial charge in [0, 0.05) is 33.5 Å². The van der Waals surface area contributed by atoms with E-state index in [1.165, 1.54) is 0 Å². The number of nitrogens with zero attached hydrogens (tertiary/aromatic N) is 2. The quantitative estimate of drug-likeness (QED) is 0.134. The van der Waals surface area contributed by atoms with E-state index in [0.717, 1.165) is 54.2 Å². The molecule has 0 aliphatic rings. The molecule has 0 heterocycles. The highest BCUT2D eigenvalue weighted by Crippen LogP contribution is 2.48. The minimum atomic E-state index is -0.462. The molecule has 9 aromatic rings. The van der Waals surface area contributed by atoms with E-state index in [2.05, 4.69) is 0 Å². The highest BCUT2D eigenvalue weighted by Gasteiger charge is 2.22. The number of aryl methyl sites for hydroxylation is 2. The predicted octanol–water partition coefficient (Wildman–Crippen LogP) is 13.3. The van der Waals surface area contributed by atoms with E-state index in [1.807, 2.05) is 123 Å². The van der Waals surface area contributed by atoms with Crippen molar-refractivity contribution in [3.05, 3.63) is 181 Å². The van der Waals surface area contributed by atoms with Crippen molar-refractivity contribution in [2.45, 2.75) is 13.8 Å². The lowest BCUT2D eigenvalue weighted by Crippen LogP contribution is -2.11. The third-order valence-electron chi connectivity index (χ3n) is 9.10. The molecular formula is C46H34N2. The first-order valence-electron chi connectivity index (χ1n) is 20.8. The van der Waals surface area contributed by atoms with Crippen LogP contribution in [0, 0.1) is 13.8 Å². The lowest BCUT2D eigenvalue weighted by molar-refractivity contribution is 1.29. The Labute approximate surface area is 295 Å². The van der Waals surface area contributed by atoms with Crippen molar-refractivity contribution < 1.29 is 13.7 Å². The van der Waals surface area contributed by atoms with Gasteiger partial charge in [-0.15, -0.1) is 0 Å². The van der Waals surface area contributed by atoms with Crippen LogP contribution in [0.5, 0.6) is 0 Å². The van der Waals surface area contributed by atoms with Crippen molar-refractivity contribution in [1.29, 1.82) is 0 Å². The maximum Gasteiger partial charge on any atom is 0.0645 e. The van der Waals surface area contributed by atoms with Crippen LogP contribution in [0.1, 0.15) is 24.8 Å². The maximum atomic E-state index is 9.00. The SMILES string of the molecule is [2H]c1c([2H])c([2H])c(N(c2ccc(C)cc2)c2ccc3c4cccc5c(N(c6ccc(C)cc6)c6c([2H])c([2H])c([2H])c([2H])c6[2H])ccc(c6cccc2c63)c54)c([2H])c1[2H]. The van der Waals surface area contributed by atoms with Crippen LogP contribution in [0.15, 0.2) is 170 Å². The zero-order valence-corrected chi connectivity index (χ0v) is 26.3. The Bertz CT molecular complexity index is 2860. The van der Waals surface area contributed by atoms with E-state index in [4.69, 9.17) is 13.7 Å². The maximum absolute atomic E-state index is 9.00. The normalized spacial score (nSPS) is 14.5. The van der Waals surface area contributed by atoms with Crippen LogP contribution >= 0.6 is 0 Å². The first-order valence-corrected chi connectivity index (χ1v) is 15.8. The molecule has 0 aliphatic carbocycles. The number of anilines is 6. The van der Waals surface area contributed by atoms with Crippen molar-refractivity contribution in [2.75, 3.05) is 9.80 Å². The van der Waals surface area contributed by atoms with Gasteiger partial charge in [0.1, 0.15) is 0 Å². The molecule has 2 heteroatoms. The van der Waals surface area contributed by atoms with Crippen LogP contribution in [0.3, 0.4) is 0 Å². The van der Waals surface area contributed by atoms with Crippen LogP contribution in [-0.4, -0.2) is 0 Å². The van der Waals surface area contributed by atoms with Crippen LogP contribution in [0.25, 0.3) is 43.1 Å². The Morgan fingerprint density at radius 3 is 1.10 bits per heavy atom. The summed E-state index contributed by atoms with van der Waals surface area (Å²) in [5.41, 5.74) is 4.67. The standard InChI is InChI=1S/C46H34N2/c1-31-19-23-35(24-20-31)47(33-11-5-3-6-12-33)43-29-27-39-38-16-10-18-42-44(30-28-40(46(38)42)37-15-9-17-41(43)45(37)39)48(34-13-7-4-8-14-34)36-25-21-32(2)22-26-36/h3-30H,1-2H3/i3D,4D,5D,6D,7D,8D,11D,12D,13D,14D. The van der Waals surface area contributed by atoms with Crippen molar-refractivity contribution in [1.82, 2.24) is 0 Å². The molecular weight excluding hydrogens is 581 g/mol. The van der Waals surface area contributed by atoms with Gasteiger partial charge in [-0.05, 0) is 107 Å². The Hall–Kier alpha value is -6.12. The average molecular weight is 625 g/mol. The molecule has 0 atom stereocenters. The first-order chi connectivity index (χ1) is 27.8. The minimum absolute atomic E-state index is 0.0438. The van der Waals surface area contributed by atoms with Gasteiger partial charge in [0.05, 0.1) is 25.1 Å². The molecule has 0 fully saturated rings. The summed E-state index contributed by atoms with van der Waals surface area (Å²) in [6.45, 7) is 3.93. The Morgan fingerprint density at radius 1 is 0.354 bits per heavy atom. The molecule has 0 radical (unpaired) electrons. The topological polar surface area (TPSA) is 6.48 Å². The van der Waals surface area contributed by atoms with Crippen LogP contribution in [-0.2, 0) is 0 Å². The Morgan fingerprint density at radius 2 is 0.708 bits per heavy atom. The van der Waals surface area contributed by atoms with Gasteiger partial charge < -0.3 is 9.80 Å². The summed E-state index contributed by atoms with van der Waals surface area (Å²) in [6.07, 6.45) is 0. The molecule has 0 aliphatic heterocycles. The van der Waals surface area contributed by atoms with Gasteiger partial charge >= 0.3 is 0 Å². The molecule has 228 valence electrons. The average Bonchev–Trinajstić information content (AvgIpc) is 3.24. The predicted molar refractivity (Wildman–Crippen MR) is 206 cm³/mol. The van der Waals surface area contributed by atoms with Gasteiger partial charge in [-0.1, -0.05) is 120 Å². The monoisotopic (exact) mass is 624 g/mol. The number of rotatable bonds is 6. The minimum Gasteiger partial charge on any atom is -0.310 e. The fraction of sp³-hybridized carbons (Fsp3) is 0.0435. The van der Waals surface area contributed by atoms with Gasteiger partial charge in [0.15, 0.2) is 0 Å². The number of hydrogen-bond donors (Lipinski definition) is 0. The summed E-state index contributed by atoms with van der Waals surface area (Å²) < 4.78 is 86.7. The molecule has 0 amide bonds. The van der Waals surface area contributed by atoms with Crippen LogP contribution < -0.4 is 9.80 Å². The van der Waals surface area contributed by atoms with Crippen LogP contribution in [0.2, 0.25) is 0 Å². The zero-order valence-electron chi connectivity index (χ0n) is 36.3. The van der Waals surface area contributed by atoms with E-state index in [9.17, 15) is 0 Å². The second kappa shape index (κ2) is 11.3. The molecule has 9 rings (SSSR count).